The van der Waals surface area contributed by atoms with E-state index >= 15 is 0 Å². The van der Waals surface area contributed by atoms with E-state index in [-0.39, 0.29) is 5.41 Å². The Morgan fingerprint density at radius 3 is 2.20 bits per heavy atom. The summed E-state index contributed by atoms with van der Waals surface area (Å²) in [5.41, 5.74) is -0.728. The van der Waals surface area contributed by atoms with E-state index in [0.717, 1.165) is 12.1 Å². The van der Waals surface area contributed by atoms with Crippen molar-refractivity contribution in [3.8, 4) is 0 Å². The van der Waals surface area contributed by atoms with Crippen molar-refractivity contribution in [1.29, 1.82) is 0 Å². The molecular formula is C13H21NO5S. The lowest BCUT2D eigenvalue weighted by Crippen LogP contribution is -2.45. The van der Waals surface area contributed by atoms with Gasteiger partial charge in [0.05, 0.1) is 0 Å². The summed E-state index contributed by atoms with van der Waals surface area (Å²) in [6.07, 6.45) is 0.617. The first-order valence-electron chi connectivity index (χ1n) is 6.20. The standard InChI is InChI=1S/C13H21NO5S/c1-12(2,3)8-13(4,5)14-20(17,18)10-7-6-9(19-10)11(15)16/h6-7,14H,8H2,1-5H3,(H,15,16). The van der Waals surface area contributed by atoms with Crippen molar-refractivity contribution >= 4 is 16.0 Å². The van der Waals surface area contributed by atoms with E-state index in [1.165, 1.54) is 0 Å². The maximum absolute atomic E-state index is 12.2. The zero-order valence-electron chi connectivity index (χ0n) is 12.4. The predicted molar refractivity (Wildman–Crippen MR) is 74.1 cm³/mol. The average Bonchev–Trinajstić information content (AvgIpc) is 2.59. The average molecular weight is 303 g/mol. The maximum atomic E-state index is 12.2. The summed E-state index contributed by atoms with van der Waals surface area (Å²) in [6.45, 7) is 9.59. The molecule has 0 spiro atoms. The van der Waals surface area contributed by atoms with E-state index in [0.29, 0.717) is 6.42 Å². The quantitative estimate of drug-likeness (QED) is 0.871. The first-order valence-corrected chi connectivity index (χ1v) is 7.68. The molecule has 114 valence electrons. The molecule has 0 fully saturated rings. The summed E-state index contributed by atoms with van der Waals surface area (Å²) in [7, 11) is -3.88. The molecule has 0 radical (unpaired) electrons. The summed E-state index contributed by atoms with van der Waals surface area (Å²) < 4.78 is 31.7. The Bertz CT molecular complexity index is 593. The number of sulfonamides is 1. The summed E-state index contributed by atoms with van der Waals surface area (Å²) in [5, 5.41) is 8.35. The molecule has 1 aromatic rings. The normalized spacial score (nSPS) is 13.4. The molecule has 0 aliphatic heterocycles. The van der Waals surface area contributed by atoms with Crippen LogP contribution in [-0.2, 0) is 10.0 Å². The number of carboxylic acids is 1. The molecule has 6 nitrogen and oxygen atoms in total. The third-order valence-corrected chi connectivity index (χ3v) is 4.01. The fraction of sp³-hybridized carbons (Fsp3) is 0.615. The lowest BCUT2D eigenvalue weighted by atomic mass is 9.82. The Labute approximate surface area is 119 Å². The topological polar surface area (TPSA) is 96.6 Å². The van der Waals surface area contributed by atoms with Gasteiger partial charge in [0.2, 0.25) is 10.9 Å². The zero-order chi connectivity index (χ0) is 15.8. The van der Waals surface area contributed by atoms with Gasteiger partial charge in [-0.05, 0) is 37.8 Å². The van der Waals surface area contributed by atoms with E-state index in [4.69, 9.17) is 9.52 Å². The fourth-order valence-corrected chi connectivity index (χ4v) is 3.70. The number of rotatable bonds is 5. The van der Waals surface area contributed by atoms with Gasteiger partial charge in [0.15, 0.2) is 0 Å². The van der Waals surface area contributed by atoms with Crippen molar-refractivity contribution < 1.29 is 22.7 Å². The van der Waals surface area contributed by atoms with E-state index < -0.39 is 32.4 Å². The van der Waals surface area contributed by atoms with Crippen molar-refractivity contribution in [1.82, 2.24) is 4.72 Å². The van der Waals surface area contributed by atoms with Crippen LogP contribution in [-0.4, -0.2) is 25.0 Å². The molecule has 0 saturated carbocycles. The minimum atomic E-state index is -3.88. The Hall–Kier alpha value is -1.34. The molecule has 0 atom stereocenters. The number of hydrogen-bond acceptors (Lipinski definition) is 4. The van der Waals surface area contributed by atoms with Gasteiger partial charge in [0.1, 0.15) is 0 Å². The van der Waals surface area contributed by atoms with E-state index in [1.807, 2.05) is 20.8 Å². The highest BCUT2D eigenvalue weighted by molar-refractivity contribution is 7.89. The van der Waals surface area contributed by atoms with Gasteiger partial charge < -0.3 is 9.52 Å². The van der Waals surface area contributed by atoms with Crippen LogP contribution >= 0.6 is 0 Å². The number of furan rings is 1. The summed E-state index contributed by atoms with van der Waals surface area (Å²) >= 11 is 0. The van der Waals surface area contributed by atoms with Crippen LogP contribution in [0.3, 0.4) is 0 Å². The van der Waals surface area contributed by atoms with Crippen LogP contribution in [0.2, 0.25) is 0 Å². The van der Waals surface area contributed by atoms with Crippen molar-refractivity contribution in [2.75, 3.05) is 0 Å². The zero-order valence-corrected chi connectivity index (χ0v) is 13.2. The van der Waals surface area contributed by atoms with Gasteiger partial charge in [0, 0.05) is 5.54 Å². The molecule has 1 heterocycles. The van der Waals surface area contributed by atoms with Crippen LogP contribution in [0, 0.1) is 5.41 Å². The number of hydrogen-bond donors (Lipinski definition) is 2. The fourth-order valence-electron chi connectivity index (χ4n) is 2.36. The van der Waals surface area contributed by atoms with Crippen molar-refractivity contribution in [3.63, 3.8) is 0 Å². The van der Waals surface area contributed by atoms with Gasteiger partial charge >= 0.3 is 5.97 Å². The number of aromatic carboxylic acids is 1. The van der Waals surface area contributed by atoms with Crippen molar-refractivity contribution in [2.24, 2.45) is 5.41 Å². The largest absolute Gasteiger partial charge is 0.475 e. The molecule has 1 rings (SSSR count). The number of carboxylic acid groups (broad SMARTS) is 1. The predicted octanol–water partition coefficient (Wildman–Crippen LogP) is 2.47. The second kappa shape index (κ2) is 5.21. The molecule has 0 bridgehead atoms. The minimum Gasteiger partial charge on any atom is -0.475 e. The number of nitrogens with one attached hydrogen (secondary N) is 1. The molecule has 7 heteroatoms. The molecular weight excluding hydrogens is 282 g/mol. The van der Waals surface area contributed by atoms with Gasteiger partial charge in [-0.15, -0.1) is 0 Å². The van der Waals surface area contributed by atoms with Crippen molar-refractivity contribution in [2.45, 2.75) is 51.7 Å². The SMILES string of the molecule is CC(C)(C)CC(C)(C)NS(=O)(=O)c1ccc(C(=O)O)o1. The summed E-state index contributed by atoms with van der Waals surface area (Å²) in [6, 6.07) is 2.26. The molecule has 1 aromatic heterocycles. The van der Waals surface area contributed by atoms with Crippen molar-refractivity contribution in [3.05, 3.63) is 17.9 Å². The highest BCUT2D eigenvalue weighted by atomic mass is 32.2. The van der Waals surface area contributed by atoms with Crippen LogP contribution < -0.4 is 4.72 Å². The van der Waals surface area contributed by atoms with Gasteiger partial charge in [-0.25, -0.2) is 17.9 Å². The van der Waals surface area contributed by atoms with Gasteiger partial charge in [-0.1, -0.05) is 20.8 Å². The second-order valence-electron chi connectivity index (χ2n) is 6.65. The maximum Gasteiger partial charge on any atom is 0.371 e. The molecule has 0 aliphatic rings. The first kappa shape index (κ1) is 16.7. The lowest BCUT2D eigenvalue weighted by molar-refractivity contribution is 0.0656. The highest BCUT2D eigenvalue weighted by Gasteiger charge is 2.32. The van der Waals surface area contributed by atoms with E-state index in [1.54, 1.807) is 13.8 Å². The smallest absolute Gasteiger partial charge is 0.371 e. The summed E-state index contributed by atoms with van der Waals surface area (Å²) in [5.74, 6) is -1.71. The lowest BCUT2D eigenvalue weighted by Gasteiger charge is -2.32. The summed E-state index contributed by atoms with van der Waals surface area (Å²) in [4.78, 5) is 10.7. The molecule has 0 aliphatic carbocycles. The molecule has 0 saturated heterocycles. The second-order valence-corrected chi connectivity index (χ2v) is 8.26. The van der Waals surface area contributed by atoms with E-state index in [2.05, 4.69) is 4.72 Å². The Morgan fingerprint density at radius 2 is 1.80 bits per heavy atom. The minimum absolute atomic E-state index is 0.0542. The molecule has 0 aromatic carbocycles. The van der Waals surface area contributed by atoms with Crippen LogP contribution in [0.4, 0.5) is 0 Å². The third kappa shape index (κ3) is 4.64. The van der Waals surface area contributed by atoms with Crippen LogP contribution in [0.15, 0.2) is 21.6 Å². The molecule has 0 unspecified atom stereocenters. The molecule has 2 N–H and O–H groups in total. The monoisotopic (exact) mass is 303 g/mol. The Balaban J connectivity index is 2.97. The third-order valence-electron chi connectivity index (χ3n) is 2.44. The van der Waals surface area contributed by atoms with Crippen LogP contribution in [0.1, 0.15) is 51.6 Å². The first-order chi connectivity index (χ1) is 8.82. The Kier molecular flexibility index (Phi) is 4.36. The Morgan fingerprint density at radius 1 is 1.25 bits per heavy atom. The highest BCUT2D eigenvalue weighted by Crippen LogP contribution is 2.28. The van der Waals surface area contributed by atoms with Gasteiger partial charge in [-0.3, -0.25) is 0 Å². The van der Waals surface area contributed by atoms with Gasteiger partial charge in [-0.2, -0.15) is 0 Å². The van der Waals surface area contributed by atoms with Crippen LogP contribution in [0.5, 0.6) is 0 Å². The van der Waals surface area contributed by atoms with E-state index in [9.17, 15) is 13.2 Å². The number of carbonyl (C=O) groups is 1. The molecule has 0 amide bonds. The molecule has 20 heavy (non-hydrogen) atoms. The van der Waals surface area contributed by atoms with Gasteiger partial charge in [0.25, 0.3) is 10.0 Å². The van der Waals surface area contributed by atoms with Crippen LogP contribution in [0.25, 0.3) is 0 Å².